The fraction of sp³-hybridized carbons (Fsp3) is 0.0357. The van der Waals surface area contributed by atoms with Crippen LogP contribution in [0, 0.1) is 0 Å². The van der Waals surface area contributed by atoms with Gasteiger partial charge >= 0.3 is 0 Å². The van der Waals surface area contributed by atoms with Gasteiger partial charge in [-0.1, -0.05) is 156 Å². The van der Waals surface area contributed by atoms with Crippen molar-refractivity contribution < 1.29 is 9.59 Å². The van der Waals surface area contributed by atoms with Crippen LogP contribution in [0.3, 0.4) is 0 Å². The number of rotatable bonds is 6. The Labute approximate surface area is 214 Å². The molecule has 0 saturated carbocycles. The zero-order chi connectivity index (χ0) is 24.2. The first-order chi connectivity index (χ1) is 16.4. The lowest BCUT2D eigenvalue weighted by Gasteiger charge is -2.32. The van der Waals surface area contributed by atoms with Crippen molar-refractivity contribution in [3.8, 4) is 0 Å². The van der Waals surface area contributed by atoms with E-state index in [2.05, 4.69) is 0 Å². The van der Waals surface area contributed by atoms with Crippen molar-refractivity contribution in [2.45, 2.75) is 3.79 Å². The molecule has 0 aliphatic carbocycles. The van der Waals surface area contributed by atoms with E-state index in [1.54, 1.807) is 30.3 Å². The summed E-state index contributed by atoms with van der Waals surface area (Å²) in [5.74, 6) is -1.28. The number of hydrogen-bond donors (Lipinski definition) is 0. The van der Waals surface area contributed by atoms with Gasteiger partial charge in [0.15, 0.2) is 5.78 Å². The molecule has 0 bridgehead atoms. The highest BCUT2D eigenvalue weighted by molar-refractivity contribution is 7.98. The molecule has 0 aliphatic rings. The molecule has 0 aliphatic heterocycles. The van der Waals surface area contributed by atoms with Crippen LogP contribution in [-0.4, -0.2) is 20.7 Å². The van der Waals surface area contributed by atoms with Crippen LogP contribution in [-0.2, 0) is 4.79 Å². The van der Waals surface area contributed by atoms with Crippen molar-refractivity contribution in [1.82, 2.24) is 0 Å². The third kappa shape index (κ3) is 4.65. The number of halogens is 3. The Hall–Kier alpha value is -2.61. The Kier molecular flexibility index (Phi) is 7.45. The molecule has 0 unspecified atom stereocenters. The predicted molar refractivity (Wildman–Crippen MR) is 146 cm³/mol. The molecule has 4 rings (SSSR count). The Morgan fingerprint density at radius 3 is 1.18 bits per heavy atom. The van der Waals surface area contributed by atoms with Crippen LogP contribution in [0.25, 0.3) is 0 Å². The summed E-state index contributed by atoms with van der Waals surface area (Å²) in [7, 11) is 0. The number of Topliss-reactive ketones (excluding diaryl/α,β-unsaturated/α-hetero) is 2. The fourth-order valence-corrected chi connectivity index (χ4v) is 8.97. The summed E-state index contributed by atoms with van der Waals surface area (Å²) in [6.07, 6.45) is 0. The molecule has 0 saturated heterocycles. The lowest BCUT2D eigenvalue weighted by molar-refractivity contribution is -0.111. The van der Waals surface area contributed by atoms with Gasteiger partial charge in [-0.15, -0.1) is 0 Å². The van der Waals surface area contributed by atoms with Gasteiger partial charge in [-0.3, -0.25) is 9.59 Å². The lowest BCUT2D eigenvalue weighted by Crippen LogP contribution is -2.41. The van der Waals surface area contributed by atoms with E-state index in [1.165, 1.54) is 0 Å². The molecule has 0 heterocycles. The SMILES string of the molecule is O=C(C(C(=O)C(Cl)(Cl)Cl)=P(c1ccccc1)(c1ccccc1)c1ccccc1)c1ccccc1. The van der Waals surface area contributed by atoms with Gasteiger partial charge in [-0.05, 0) is 22.8 Å². The lowest BCUT2D eigenvalue weighted by atomic mass is 10.1. The van der Waals surface area contributed by atoms with E-state index in [1.807, 2.05) is 91.0 Å². The van der Waals surface area contributed by atoms with E-state index < -0.39 is 22.2 Å². The van der Waals surface area contributed by atoms with E-state index in [4.69, 9.17) is 34.8 Å². The predicted octanol–water partition coefficient (Wildman–Crippen LogP) is 5.98. The first kappa shape index (κ1) is 24.5. The Balaban J connectivity index is 2.31. The molecule has 0 aromatic heterocycles. The normalized spacial score (nSPS) is 11.6. The molecular weight excluding hydrogens is 506 g/mol. The van der Waals surface area contributed by atoms with Crippen molar-refractivity contribution in [1.29, 1.82) is 0 Å². The second kappa shape index (κ2) is 10.3. The molecule has 34 heavy (non-hydrogen) atoms. The smallest absolute Gasteiger partial charge is 0.253 e. The summed E-state index contributed by atoms with van der Waals surface area (Å²) in [5.41, 5.74) is 0.354. The van der Waals surface area contributed by atoms with Crippen LogP contribution < -0.4 is 15.9 Å². The Bertz CT molecular complexity index is 1250. The molecule has 0 atom stereocenters. The molecule has 0 N–H and O–H groups in total. The average molecular weight is 526 g/mol. The minimum absolute atomic E-state index is 0.0256. The van der Waals surface area contributed by atoms with Gasteiger partial charge in [0, 0.05) is 5.56 Å². The van der Waals surface area contributed by atoms with Gasteiger partial charge in [0.05, 0.1) is 5.29 Å². The summed E-state index contributed by atoms with van der Waals surface area (Å²) >= 11 is 18.6. The van der Waals surface area contributed by atoms with Gasteiger partial charge in [0.25, 0.3) is 3.79 Å². The van der Waals surface area contributed by atoms with Gasteiger partial charge < -0.3 is 0 Å². The molecule has 0 amide bonds. The van der Waals surface area contributed by atoms with E-state index in [0.717, 1.165) is 15.9 Å². The van der Waals surface area contributed by atoms with Crippen molar-refractivity contribution in [2.75, 3.05) is 0 Å². The van der Waals surface area contributed by atoms with Crippen LogP contribution in [0.1, 0.15) is 10.4 Å². The standard InChI is InChI=1S/C28H20Cl3O2P/c29-28(30,31)27(33)26(25(32)21-13-5-1-6-14-21)34(22-15-7-2-8-16-22,23-17-9-3-10-18-23)24-19-11-4-12-20-24/h1-20H. The molecule has 170 valence electrons. The highest BCUT2D eigenvalue weighted by atomic mass is 35.6. The number of carbonyl (C=O) groups excluding carboxylic acids is 2. The summed E-state index contributed by atoms with van der Waals surface area (Å²) in [6, 6.07) is 37.2. The van der Waals surface area contributed by atoms with E-state index in [0.29, 0.717) is 5.56 Å². The van der Waals surface area contributed by atoms with Crippen LogP contribution in [0.2, 0.25) is 0 Å². The van der Waals surface area contributed by atoms with Gasteiger partial charge in [-0.25, -0.2) is 0 Å². The van der Waals surface area contributed by atoms with Crippen LogP contribution in [0.5, 0.6) is 0 Å². The molecule has 4 aromatic rings. The molecule has 6 heteroatoms. The maximum Gasteiger partial charge on any atom is 0.253 e. The van der Waals surface area contributed by atoms with Crippen LogP contribution in [0.15, 0.2) is 121 Å². The number of alkyl halides is 3. The Morgan fingerprint density at radius 1 is 0.529 bits per heavy atom. The highest BCUT2D eigenvalue weighted by Crippen LogP contribution is 2.48. The third-order valence-corrected chi connectivity index (χ3v) is 10.3. The number of carbonyl (C=O) groups is 2. The largest absolute Gasteiger partial charge is 0.289 e. The van der Waals surface area contributed by atoms with Crippen molar-refractivity contribution in [3.05, 3.63) is 127 Å². The number of hydrogen-bond acceptors (Lipinski definition) is 2. The second-order valence-electron chi connectivity index (χ2n) is 7.55. The van der Waals surface area contributed by atoms with Crippen LogP contribution in [0.4, 0.5) is 0 Å². The molecule has 4 aromatic carbocycles. The minimum atomic E-state index is -3.07. The molecule has 0 radical (unpaired) electrons. The summed E-state index contributed by atoms with van der Waals surface area (Å²) in [6.45, 7) is -3.07. The van der Waals surface area contributed by atoms with E-state index >= 15 is 0 Å². The van der Waals surface area contributed by atoms with E-state index in [9.17, 15) is 9.59 Å². The van der Waals surface area contributed by atoms with Crippen LogP contribution >= 0.6 is 41.7 Å². The highest BCUT2D eigenvalue weighted by Gasteiger charge is 2.44. The maximum absolute atomic E-state index is 14.2. The van der Waals surface area contributed by atoms with Gasteiger partial charge in [0.2, 0.25) is 5.78 Å². The van der Waals surface area contributed by atoms with Gasteiger partial charge in [-0.2, -0.15) is 0 Å². The second-order valence-corrected chi connectivity index (χ2v) is 13.2. The summed E-state index contributed by atoms with van der Waals surface area (Å²) in [5, 5.41) is 2.42. The molecule has 0 fully saturated rings. The molecular formula is C28H20Cl3O2P. The average Bonchev–Trinajstić information content (AvgIpc) is 2.88. The zero-order valence-corrected chi connectivity index (χ0v) is 21.1. The Morgan fingerprint density at radius 2 is 0.853 bits per heavy atom. The summed E-state index contributed by atoms with van der Waals surface area (Å²) in [4.78, 5) is 28.1. The van der Waals surface area contributed by atoms with Crippen molar-refractivity contribution in [3.63, 3.8) is 0 Å². The van der Waals surface area contributed by atoms with Crippen molar-refractivity contribution >= 4 is 74.5 Å². The van der Waals surface area contributed by atoms with Gasteiger partial charge in [0.1, 0.15) is 0 Å². The first-order valence-corrected chi connectivity index (χ1v) is 13.4. The monoisotopic (exact) mass is 524 g/mol. The topological polar surface area (TPSA) is 34.1 Å². The quantitative estimate of drug-likeness (QED) is 0.134. The third-order valence-electron chi connectivity index (χ3n) is 5.49. The number of benzene rings is 4. The minimum Gasteiger partial charge on any atom is -0.289 e. The fourth-order valence-electron chi connectivity index (χ4n) is 4.06. The van der Waals surface area contributed by atoms with Crippen molar-refractivity contribution in [2.24, 2.45) is 0 Å². The summed E-state index contributed by atoms with van der Waals surface area (Å²) < 4.78 is -2.32. The maximum atomic E-state index is 14.2. The molecule has 2 nitrogen and oxygen atoms in total. The number of ketones is 2. The first-order valence-electron chi connectivity index (χ1n) is 10.5. The zero-order valence-electron chi connectivity index (χ0n) is 17.9. The molecule has 0 spiro atoms. The van der Waals surface area contributed by atoms with E-state index in [-0.39, 0.29) is 5.29 Å².